The first kappa shape index (κ1) is 16.6. The molecule has 3 aromatic rings. The Morgan fingerprint density at radius 1 is 1.00 bits per heavy atom. The van der Waals surface area contributed by atoms with Gasteiger partial charge in [-0.1, -0.05) is 29.3 Å². The summed E-state index contributed by atoms with van der Waals surface area (Å²) in [5, 5.41) is 0.379. The highest BCUT2D eigenvalue weighted by Crippen LogP contribution is 2.26. The summed E-state index contributed by atoms with van der Waals surface area (Å²) in [4.78, 5) is 45.8. The second-order valence-corrected chi connectivity index (χ2v) is 5.73. The van der Waals surface area contributed by atoms with Gasteiger partial charge < -0.3 is 9.25 Å². The normalized spacial score (nSPS) is 13.0. The number of aryl methyl sites for hydroxylation is 1. The summed E-state index contributed by atoms with van der Waals surface area (Å²) in [6.45, 7) is 1.44. The number of hydroxylamine groups is 2. The average Bonchev–Trinajstić information content (AvgIpc) is 3.16. The lowest BCUT2D eigenvalue weighted by Gasteiger charge is -2.11. The van der Waals surface area contributed by atoms with Crippen LogP contribution in [-0.2, 0) is 4.84 Å². The van der Waals surface area contributed by atoms with Gasteiger partial charge in [0.15, 0.2) is 5.69 Å². The van der Waals surface area contributed by atoms with Crippen LogP contribution < -0.4 is 0 Å². The molecule has 0 saturated carbocycles. The average molecular weight is 366 g/mol. The van der Waals surface area contributed by atoms with Gasteiger partial charge >= 0.3 is 5.97 Å². The van der Waals surface area contributed by atoms with Crippen molar-refractivity contribution in [2.24, 2.45) is 0 Å². The lowest BCUT2D eigenvalue weighted by Crippen LogP contribution is -2.33. The van der Waals surface area contributed by atoms with Crippen LogP contribution in [0.2, 0.25) is 0 Å². The molecule has 0 spiro atoms. The molecular weight excluding hydrogens is 355 g/mol. The molecule has 0 aliphatic carbocycles. The van der Waals surface area contributed by atoms with Crippen LogP contribution >= 0.6 is 0 Å². The Morgan fingerprint density at radius 3 is 2.15 bits per heavy atom. The van der Waals surface area contributed by atoms with Gasteiger partial charge in [-0.3, -0.25) is 9.59 Å². The zero-order valence-corrected chi connectivity index (χ0v) is 13.9. The molecule has 0 unspecified atom stereocenters. The van der Waals surface area contributed by atoms with Crippen molar-refractivity contribution in [3.05, 3.63) is 76.9 Å². The Hall–Kier alpha value is -3.81. The first-order valence-electron chi connectivity index (χ1n) is 7.90. The van der Waals surface area contributed by atoms with Gasteiger partial charge in [0.2, 0.25) is 5.89 Å². The fourth-order valence-electron chi connectivity index (χ4n) is 2.71. The van der Waals surface area contributed by atoms with Crippen molar-refractivity contribution in [2.45, 2.75) is 6.92 Å². The number of carbonyl (C=O) groups is 3. The SMILES string of the molecule is Cc1oc(-c2ccccc2F)nc1C(=O)ON1C(=O)c2ccccc2C1=O. The number of amides is 2. The van der Waals surface area contributed by atoms with Crippen molar-refractivity contribution >= 4 is 17.8 Å². The van der Waals surface area contributed by atoms with E-state index in [1.165, 1.54) is 37.3 Å². The van der Waals surface area contributed by atoms with Crippen LogP contribution in [0.1, 0.15) is 37.0 Å². The Bertz CT molecular complexity index is 1070. The first-order chi connectivity index (χ1) is 13.0. The smallest absolute Gasteiger partial charge is 0.385 e. The van der Waals surface area contributed by atoms with Gasteiger partial charge in [-0.25, -0.2) is 14.2 Å². The highest BCUT2D eigenvalue weighted by molar-refractivity contribution is 6.21. The van der Waals surface area contributed by atoms with Crippen LogP contribution in [0.5, 0.6) is 0 Å². The summed E-state index contributed by atoms with van der Waals surface area (Å²) >= 11 is 0. The Kier molecular flexibility index (Phi) is 3.80. The summed E-state index contributed by atoms with van der Waals surface area (Å²) in [5.41, 5.74) is 0.0867. The number of aromatic nitrogens is 1. The number of carbonyl (C=O) groups excluding carboxylic acids is 3. The van der Waals surface area contributed by atoms with Gasteiger partial charge in [0, 0.05) is 0 Å². The largest absolute Gasteiger partial charge is 0.440 e. The van der Waals surface area contributed by atoms with Crippen molar-refractivity contribution in [1.29, 1.82) is 0 Å². The highest BCUT2D eigenvalue weighted by atomic mass is 19.1. The molecule has 0 N–H and O–H groups in total. The summed E-state index contributed by atoms with van der Waals surface area (Å²) < 4.78 is 19.2. The maximum atomic E-state index is 13.9. The molecule has 134 valence electrons. The Morgan fingerprint density at radius 2 is 1.56 bits per heavy atom. The number of rotatable bonds is 3. The number of imide groups is 1. The number of nitrogens with zero attached hydrogens (tertiary/aromatic N) is 2. The minimum atomic E-state index is -1.06. The molecule has 0 saturated heterocycles. The van der Waals surface area contributed by atoms with Gasteiger partial charge in [0.1, 0.15) is 11.6 Å². The van der Waals surface area contributed by atoms with E-state index < -0.39 is 23.6 Å². The Balaban J connectivity index is 1.61. The molecule has 1 aromatic heterocycles. The molecule has 1 aliphatic rings. The van der Waals surface area contributed by atoms with E-state index in [0.29, 0.717) is 5.06 Å². The van der Waals surface area contributed by atoms with Crippen molar-refractivity contribution < 1.29 is 28.0 Å². The molecule has 0 radical (unpaired) electrons. The molecule has 2 aromatic carbocycles. The molecule has 4 rings (SSSR count). The Labute approximate surface area is 151 Å². The third-order valence-electron chi connectivity index (χ3n) is 4.03. The highest BCUT2D eigenvalue weighted by Gasteiger charge is 2.39. The standard InChI is InChI=1S/C19H11FN2O5/c1-10-15(21-16(26-10)13-8-4-5-9-14(13)20)19(25)27-22-17(23)11-6-2-3-7-12(11)18(22)24/h2-9H,1H3. The summed E-state index contributed by atoms with van der Waals surface area (Å²) in [5.74, 6) is -3.18. The second kappa shape index (κ2) is 6.17. The number of halogens is 1. The van der Waals surface area contributed by atoms with Crippen LogP contribution in [0.4, 0.5) is 4.39 Å². The number of hydrogen-bond donors (Lipinski definition) is 0. The van der Waals surface area contributed by atoms with Crippen molar-refractivity contribution in [1.82, 2.24) is 10.0 Å². The lowest BCUT2D eigenvalue weighted by atomic mass is 10.1. The topological polar surface area (TPSA) is 89.7 Å². The van der Waals surface area contributed by atoms with E-state index in [-0.39, 0.29) is 34.0 Å². The molecule has 27 heavy (non-hydrogen) atoms. The predicted molar refractivity (Wildman–Crippen MR) is 89.0 cm³/mol. The third-order valence-corrected chi connectivity index (χ3v) is 4.03. The molecular formula is C19H11FN2O5. The first-order valence-corrected chi connectivity index (χ1v) is 7.90. The van der Waals surface area contributed by atoms with E-state index in [1.807, 2.05) is 0 Å². The van der Waals surface area contributed by atoms with Crippen molar-refractivity contribution in [3.8, 4) is 11.5 Å². The second-order valence-electron chi connectivity index (χ2n) is 5.73. The maximum absolute atomic E-state index is 13.9. The van der Waals surface area contributed by atoms with Crippen molar-refractivity contribution in [2.75, 3.05) is 0 Å². The number of hydrogen-bond acceptors (Lipinski definition) is 6. The van der Waals surface area contributed by atoms with E-state index in [4.69, 9.17) is 9.25 Å². The minimum absolute atomic E-state index is 0.0647. The summed E-state index contributed by atoms with van der Waals surface area (Å²) in [6.07, 6.45) is 0. The van der Waals surface area contributed by atoms with E-state index in [1.54, 1.807) is 18.2 Å². The van der Waals surface area contributed by atoms with Gasteiger partial charge in [-0.2, -0.15) is 0 Å². The zero-order valence-electron chi connectivity index (χ0n) is 13.9. The van der Waals surface area contributed by atoms with Gasteiger partial charge in [-0.05, 0) is 31.2 Å². The number of oxazole rings is 1. The molecule has 0 fully saturated rings. The summed E-state index contributed by atoms with van der Waals surface area (Å²) in [6, 6.07) is 11.9. The molecule has 0 atom stereocenters. The molecule has 7 nitrogen and oxygen atoms in total. The molecule has 0 bridgehead atoms. The van der Waals surface area contributed by atoms with Gasteiger partial charge in [0.05, 0.1) is 16.7 Å². The van der Waals surface area contributed by atoms with Crippen LogP contribution in [0, 0.1) is 12.7 Å². The minimum Gasteiger partial charge on any atom is -0.440 e. The molecule has 8 heteroatoms. The number of benzene rings is 2. The lowest BCUT2D eigenvalue weighted by molar-refractivity contribution is -0.0589. The molecule has 2 amide bonds. The zero-order chi connectivity index (χ0) is 19.1. The number of fused-ring (bicyclic) bond motifs is 1. The van der Waals surface area contributed by atoms with Crippen LogP contribution in [0.15, 0.2) is 52.9 Å². The van der Waals surface area contributed by atoms with Crippen LogP contribution in [0.3, 0.4) is 0 Å². The van der Waals surface area contributed by atoms with Gasteiger partial charge in [-0.15, -0.1) is 0 Å². The monoisotopic (exact) mass is 366 g/mol. The molecule has 1 aliphatic heterocycles. The fourth-order valence-corrected chi connectivity index (χ4v) is 2.71. The fraction of sp³-hybridized carbons (Fsp3) is 0.0526. The predicted octanol–water partition coefficient (Wildman–Crippen LogP) is 3.16. The van der Waals surface area contributed by atoms with Gasteiger partial charge in [0.25, 0.3) is 11.8 Å². The quantitative estimate of drug-likeness (QED) is 0.662. The van der Waals surface area contributed by atoms with Crippen molar-refractivity contribution in [3.63, 3.8) is 0 Å². The summed E-state index contributed by atoms with van der Waals surface area (Å²) in [7, 11) is 0. The van der Waals surface area contributed by atoms with E-state index in [9.17, 15) is 18.8 Å². The van der Waals surface area contributed by atoms with E-state index in [2.05, 4.69) is 4.98 Å². The van der Waals surface area contributed by atoms with E-state index in [0.717, 1.165) is 0 Å². The third kappa shape index (κ3) is 2.67. The van der Waals surface area contributed by atoms with Crippen LogP contribution in [0.25, 0.3) is 11.5 Å². The van der Waals surface area contributed by atoms with E-state index >= 15 is 0 Å². The van der Waals surface area contributed by atoms with Crippen LogP contribution in [-0.4, -0.2) is 27.8 Å². The maximum Gasteiger partial charge on any atom is 0.385 e. The molecule has 2 heterocycles.